The lowest BCUT2D eigenvalue weighted by molar-refractivity contribution is -0.605. The first kappa shape index (κ1) is 19.4. The molecular formula is C22H19N3O5. The average Bonchev–Trinajstić information content (AvgIpc) is 3.43. The number of hydrogen-bond donors (Lipinski definition) is 0. The molecule has 0 N–H and O–H groups in total. The van der Waals surface area contributed by atoms with Gasteiger partial charge in [-0.25, -0.2) is 9.80 Å². The molecule has 1 atom stereocenters. The van der Waals surface area contributed by atoms with Crippen LogP contribution in [-0.4, -0.2) is 29.2 Å². The fourth-order valence-electron chi connectivity index (χ4n) is 3.19. The summed E-state index contributed by atoms with van der Waals surface area (Å²) in [6.45, 7) is 1.52. The maximum Gasteiger partial charge on any atom is 0.339 e. The van der Waals surface area contributed by atoms with Gasteiger partial charge in [0.2, 0.25) is 0 Å². The second-order valence-electron chi connectivity index (χ2n) is 6.91. The van der Waals surface area contributed by atoms with Gasteiger partial charge in [0, 0.05) is 18.6 Å². The molecule has 8 heteroatoms. The third-order valence-electron chi connectivity index (χ3n) is 4.79. The number of amides is 1. The van der Waals surface area contributed by atoms with Crippen molar-refractivity contribution in [3.8, 4) is 0 Å². The van der Waals surface area contributed by atoms with Crippen LogP contribution in [0, 0.1) is 12.1 Å². The van der Waals surface area contributed by atoms with Crippen LogP contribution in [0.2, 0.25) is 0 Å². The summed E-state index contributed by atoms with van der Waals surface area (Å²) in [4.78, 5) is 25.0. The largest absolute Gasteiger partial charge is 0.619 e. The third-order valence-corrected chi connectivity index (χ3v) is 4.79. The van der Waals surface area contributed by atoms with E-state index in [-0.39, 0.29) is 5.56 Å². The zero-order valence-corrected chi connectivity index (χ0v) is 16.2. The third kappa shape index (κ3) is 4.07. The molecule has 3 heterocycles. The summed E-state index contributed by atoms with van der Waals surface area (Å²) in [6.07, 6.45) is 4.39. The van der Waals surface area contributed by atoms with Gasteiger partial charge in [0.25, 0.3) is 5.91 Å². The second-order valence-corrected chi connectivity index (χ2v) is 6.91. The molecule has 0 saturated carbocycles. The van der Waals surface area contributed by atoms with Crippen molar-refractivity contribution in [2.75, 3.05) is 6.61 Å². The zero-order valence-electron chi connectivity index (χ0n) is 16.2. The Morgan fingerprint density at radius 1 is 1.20 bits per heavy atom. The molecule has 0 spiro atoms. The zero-order chi connectivity index (χ0) is 21.1. The summed E-state index contributed by atoms with van der Waals surface area (Å²) in [7, 11) is 0. The topological polar surface area (TPSA) is 99.1 Å². The van der Waals surface area contributed by atoms with Gasteiger partial charge in [-0.2, -0.15) is 9.83 Å². The first-order valence-electron chi connectivity index (χ1n) is 9.37. The number of rotatable bonds is 5. The summed E-state index contributed by atoms with van der Waals surface area (Å²) < 4.78 is 11.2. The lowest BCUT2D eigenvalue weighted by Crippen LogP contribution is -2.31. The SMILES string of the molecule is Cc1ccc(C2=NN(C(=O)COC(=O)c3cc[n+]([O-])cc3)[C@H](c3ccco3)C2)cc1. The Morgan fingerprint density at radius 3 is 2.60 bits per heavy atom. The number of benzene rings is 1. The summed E-state index contributed by atoms with van der Waals surface area (Å²) >= 11 is 0. The van der Waals surface area contributed by atoms with E-state index in [9.17, 15) is 14.8 Å². The van der Waals surface area contributed by atoms with Crippen LogP contribution in [0.3, 0.4) is 0 Å². The highest BCUT2D eigenvalue weighted by Gasteiger charge is 2.35. The molecule has 1 aromatic carbocycles. The molecule has 1 aliphatic rings. The molecule has 2 aromatic heterocycles. The van der Waals surface area contributed by atoms with Crippen LogP contribution in [0.15, 0.2) is 76.7 Å². The molecule has 4 rings (SSSR count). The molecule has 0 bridgehead atoms. The number of furan rings is 1. The molecule has 1 aliphatic heterocycles. The van der Waals surface area contributed by atoms with E-state index in [0.29, 0.717) is 16.9 Å². The van der Waals surface area contributed by atoms with E-state index in [0.717, 1.165) is 16.8 Å². The Balaban J connectivity index is 1.50. The van der Waals surface area contributed by atoms with Crippen LogP contribution < -0.4 is 4.73 Å². The van der Waals surface area contributed by atoms with Crippen molar-refractivity contribution in [2.24, 2.45) is 5.10 Å². The minimum absolute atomic E-state index is 0.183. The van der Waals surface area contributed by atoms with Crippen molar-refractivity contribution in [1.29, 1.82) is 0 Å². The summed E-state index contributed by atoms with van der Waals surface area (Å²) in [5.74, 6) is -0.564. The fourth-order valence-corrected chi connectivity index (χ4v) is 3.19. The quantitative estimate of drug-likeness (QED) is 0.369. The first-order chi connectivity index (χ1) is 14.5. The number of pyridine rings is 1. The Hall–Kier alpha value is -3.94. The molecule has 0 aliphatic carbocycles. The number of carbonyl (C=O) groups is 2. The van der Waals surface area contributed by atoms with Gasteiger partial charge in [-0.3, -0.25) is 4.79 Å². The Bertz CT molecular complexity index is 1070. The number of hydrogen-bond acceptors (Lipinski definition) is 6. The second kappa shape index (κ2) is 8.20. The van der Waals surface area contributed by atoms with Crippen molar-refractivity contribution in [1.82, 2.24) is 5.01 Å². The van der Waals surface area contributed by atoms with Gasteiger partial charge in [0.15, 0.2) is 19.0 Å². The Morgan fingerprint density at radius 2 is 1.93 bits per heavy atom. The highest BCUT2D eigenvalue weighted by atomic mass is 16.5. The molecule has 0 saturated heterocycles. The molecule has 30 heavy (non-hydrogen) atoms. The minimum atomic E-state index is -0.694. The molecule has 152 valence electrons. The van der Waals surface area contributed by atoms with Gasteiger partial charge in [-0.05, 0) is 24.6 Å². The van der Waals surface area contributed by atoms with E-state index in [2.05, 4.69) is 5.10 Å². The lowest BCUT2D eigenvalue weighted by Gasteiger charge is -2.19. The number of nitrogens with zero attached hydrogens (tertiary/aromatic N) is 3. The van der Waals surface area contributed by atoms with Gasteiger partial charge in [0.1, 0.15) is 11.8 Å². The molecular weight excluding hydrogens is 386 g/mol. The van der Waals surface area contributed by atoms with E-state index in [1.165, 1.54) is 29.5 Å². The van der Waals surface area contributed by atoms with Crippen molar-refractivity contribution < 1.29 is 23.5 Å². The van der Waals surface area contributed by atoms with Crippen LogP contribution in [0.25, 0.3) is 0 Å². The normalized spacial score (nSPS) is 15.7. The van der Waals surface area contributed by atoms with Crippen LogP contribution in [0.4, 0.5) is 0 Å². The predicted molar refractivity (Wildman–Crippen MR) is 106 cm³/mol. The minimum Gasteiger partial charge on any atom is -0.619 e. The van der Waals surface area contributed by atoms with Crippen LogP contribution >= 0.6 is 0 Å². The monoisotopic (exact) mass is 405 g/mol. The van der Waals surface area contributed by atoms with Gasteiger partial charge in [-0.1, -0.05) is 29.8 Å². The number of ether oxygens (including phenoxy) is 1. The summed E-state index contributed by atoms with van der Waals surface area (Å²) in [6, 6.07) is 13.7. The van der Waals surface area contributed by atoms with Gasteiger partial charge in [-0.15, -0.1) is 0 Å². The van der Waals surface area contributed by atoms with Crippen molar-refractivity contribution in [3.05, 3.63) is 94.8 Å². The molecule has 0 fully saturated rings. The van der Waals surface area contributed by atoms with Crippen molar-refractivity contribution >= 4 is 17.6 Å². The van der Waals surface area contributed by atoms with Crippen molar-refractivity contribution in [2.45, 2.75) is 19.4 Å². The standard InChI is InChI=1S/C22H19N3O5/c1-15-4-6-16(7-5-15)18-13-19(20-3-2-12-29-20)25(23-18)21(26)14-30-22(27)17-8-10-24(28)11-9-17/h2-12,19H,13-14H2,1H3/t19-/m0/s1. The van der Waals surface area contributed by atoms with Crippen LogP contribution in [0.5, 0.6) is 0 Å². The maximum atomic E-state index is 12.8. The van der Waals surface area contributed by atoms with Gasteiger partial charge in [0.05, 0.1) is 17.5 Å². The lowest BCUT2D eigenvalue weighted by atomic mass is 10.0. The molecule has 8 nitrogen and oxygen atoms in total. The fraction of sp³-hybridized carbons (Fsp3) is 0.182. The van der Waals surface area contributed by atoms with E-state index >= 15 is 0 Å². The predicted octanol–water partition coefficient (Wildman–Crippen LogP) is 2.76. The highest BCUT2D eigenvalue weighted by molar-refractivity contribution is 6.03. The summed E-state index contributed by atoms with van der Waals surface area (Å²) in [5, 5.41) is 16.9. The van der Waals surface area contributed by atoms with Gasteiger partial charge < -0.3 is 14.4 Å². The molecule has 1 amide bonds. The Kier molecular flexibility index (Phi) is 5.30. The summed E-state index contributed by atoms with van der Waals surface area (Å²) in [5.41, 5.74) is 2.98. The number of aromatic nitrogens is 1. The average molecular weight is 405 g/mol. The van der Waals surface area contributed by atoms with E-state index in [1.807, 2.05) is 31.2 Å². The smallest absolute Gasteiger partial charge is 0.339 e. The highest BCUT2D eigenvalue weighted by Crippen LogP contribution is 2.33. The maximum absolute atomic E-state index is 12.8. The number of carbonyl (C=O) groups excluding carboxylic acids is 2. The molecule has 3 aromatic rings. The Labute approximate surface area is 172 Å². The van der Waals surface area contributed by atoms with E-state index in [1.54, 1.807) is 18.4 Å². The van der Waals surface area contributed by atoms with E-state index in [4.69, 9.17) is 9.15 Å². The number of hydrazone groups is 1. The number of esters is 1. The number of aryl methyl sites for hydroxylation is 1. The van der Waals surface area contributed by atoms with Crippen LogP contribution in [-0.2, 0) is 9.53 Å². The molecule has 0 radical (unpaired) electrons. The van der Waals surface area contributed by atoms with Crippen molar-refractivity contribution in [3.63, 3.8) is 0 Å². The van der Waals surface area contributed by atoms with Crippen LogP contribution in [0.1, 0.15) is 39.7 Å². The molecule has 0 unspecified atom stereocenters. The van der Waals surface area contributed by atoms with Gasteiger partial charge >= 0.3 is 5.97 Å². The van der Waals surface area contributed by atoms with E-state index < -0.39 is 24.5 Å². The first-order valence-corrected chi connectivity index (χ1v) is 9.37.